The lowest BCUT2D eigenvalue weighted by Crippen LogP contribution is -2.25. The van der Waals surface area contributed by atoms with Gasteiger partial charge in [-0.25, -0.2) is 4.39 Å². The highest BCUT2D eigenvalue weighted by Gasteiger charge is 2.27. The number of thiocarbonyl (C=S) groups is 1. The zero-order chi connectivity index (χ0) is 17.1. The standard InChI is InChI=1S/C18H15FN2O2S/c1-21-17(22)15(20-18(21)24)10-13-6-2-3-8-16(13)23-11-12-5-4-7-14(19)9-12/h2-10H,11H2,1H3,(H,20,24)/b15-10+. The zero-order valence-electron chi connectivity index (χ0n) is 13.0. The lowest BCUT2D eigenvalue weighted by Gasteiger charge is -2.10. The second-order valence-electron chi connectivity index (χ2n) is 5.31. The number of carbonyl (C=O) groups excluding carboxylic acids is 1. The predicted molar refractivity (Wildman–Crippen MR) is 93.7 cm³/mol. The summed E-state index contributed by atoms with van der Waals surface area (Å²) in [6, 6.07) is 13.6. The molecule has 0 radical (unpaired) electrons. The van der Waals surface area contributed by atoms with E-state index in [4.69, 9.17) is 17.0 Å². The molecule has 1 heterocycles. The van der Waals surface area contributed by atoms with Gasteiger partial charge in [-0.05, 0) is 42.1 Å². The quantitative estimate of drug-likeness (QED) is 0.685. The van der Waals surface area contributed by atoms with Crippen LogP contribution in [0.5, 0.6) is 5.75 Å². The molecule has 0 saturated carbocycles. The number of hydrogen-bond donors (Lipinski definition) is 1. The highest BCUT2D eigenvalue weighted by atomic mass is 32.1. The third-order valence-corrected chi connectivity index (χ3v) is 3.96. The summed E-state index contributed by atoms with van der Waals surface area (Å²) in [5, 5.41) is 3.24. The second-order valence-corrected chi connectivity index (χ2v) is 5.70. The van der Waals surface area contributed by atoms with Crippen LogP contribution in [0.3, 0.4) is 0 Å². The molecule has 1 aliphatic heterocycles. The van der Waals surface area contributed by atoms with E-state index in [2.05, 4.69) is 5.32 Å². The van der Waals surface area contributed by atoms with Crippen molar-refractivity contribution in [3.8, 4) is 5.75 Å². The SMILES string of the molecule is CN1C(=O)/C(=C\c2ccccc2OCc2cccc(F)c2)NC1=S. The molecule has 0 unspecified atom stereocenters. The fraction of sp³-hybridized carbons (Fsp3) is 0.111. The topological polar surface area (TPSA) is 41.6 Å². The normalized spacial score (nSPS) is 15.8. The van der Waals surface area contributed by atoms with E-state index in [0.29, 0.717) is 16.6 Å². The molecule has 24 heavy (non-hydrogen) atoms. The molecule has 122 valence electrons. The first-order valence-corrected chi connectivity index (χ1v) is 7.72. The maximum atomic E-state index is 13.2. The van der Waals surface area contributed by atoms with Crippen molar-refractivity contribution in [1.29, 1.82) is 0 Å². The van der Waals surface area contributed by atoms with Gasteiger partial charge in [-0.1, -0.05) is 30.3 Å². The molecule has 0 spiro atoms. The van der Waals surface area contributed by atoms with Crippen LogP contribution in [-0.4, -0.2) is 23.0 Å². The van der Waals surface area contributed by atoms with Crippen molar-refractivity contribution < 1.29 is 13.9 Å². The monoisotopic (exact) mass is 342 g/mol. The van der Waals surface area contributed by atoms with Gasteiger partial charge < -0.3 is 10.1 Å². The molecule has 3 rings (SSSR count). The fourth-order valence-electron chi connectivity index (χ4n) is 2.30. The van der Waals surface area contributed by atoms with Gasteiger partial charge in [0, 0.05) is 12.6 Å². The Hall–Kier alpha value is -2.73. The van der Waals surface area contributed by atoms with Crippen molar-refractivity contribution >= 4 is 29.3 Å². The number of likely N-dealkylation sites (N-methyl/N-ethyl adjacent to an activating group) is 1. The van der Waals surface area contributed by atoms with Crippen LogP contribution in [0.25, 0.3) is 6.08 Å². The van der Waals surface area contributed by atoms with Gasteiger partial charge in [-0.15, -0.1) is 0 Å². The minimum Gasteiger partial charge on any atom is -0.488 e. The Morgan fingerprint density at radius 2 is 2.04 bits per heavy atom. The molecule has 1 N–H and O–H groups in total. The fourth-order valence-corrected chi connectivity index (χ4v) is 2.49. The summed E-state index contributed by atoms with van der Waals surface area (Å²) in [6.07, 6.45) is 1.69. The first-order valence-electron chi connectivity index (χ1n) is 7.31. The van der Waals surface area contributed by atoms with E-state index in [1.54, 1.807) is 31.3 Å². The van der Waals surface area contributed by atoms with Gasteiger partial charge in [0.15, 0.2) is 5.11 Å². The van der Waals surface area contributed by atoms with E-state index in [9.17, 15) is 9.18 Å². The van der Waals surface area contributed by atoms with Crippen LogP contribution < -0.4 is 10.1 Å². The summed E-state index contributed by atoms with van der Waals surface area (Å²) < 4.78 is 19.0. The molecule has 6 heteroatoms. The summed E-state index contributed by atoms with van der Waals surface area (Å²) in [5.74, 6) is 0.105. The number of hydrogen-bond acceptors (Lipinski definition) is 3. The molecule has 0 atom stereocenters. The molecule has 0 bridgehead atoms. The Labute approximate surface area is 144 Å². The second kappa shape index (κ2) is 6.80. The number of nitrogens with zero attached hydrogens (tertiary/aromatic N) is 1. The molecule has 1 amide bonds. The van der Waals surface area contributed by atoms with Gasteiger partial charge in [0.1, 0.15) is 23.9 Å². The van der Waals surface area contributed by atoms with Gasteiger partial charge in [0.25, 0.3) is 5.91 Å². The molecular formula is C18H15FN2O2S. The molecule has 1 aliphatic rings. The van der Waals surface area contributed by atoms with E-state index in [0.717, 1.165) is 11.1 Å². The Morgan fingerprint density at radius 3 is 2.75 bits per heavy atom. The zero-order valence-corrected chi connectivity index (χ0v) is 13.8. The Morgan fingerprint density at radius 1 is 1.25 bits per heavy atom. The lowest BCUT2D eigenvalue weighted by molar-refractivity contribution is -0.121. The average Bonchev–Trinajstić information content (AvgIpc) is 2.81. The number of benzene rings is 2. The number of nitrogens with one attached hydrogen (secondary N) is 1. The maximum Gasteiger partial charge on any atom is 0.276 e. The van der Waals surface area contributed by atoms with Gasteiger partial charge in [-0.3, -0.25) is 9.69 Å². The van der Waals surface area contributed by atoms with Crippen molar-refractivity contribution in [1.82, 2.24) is 10.2 Å². The van der Waals surface area contributed by atoms with E-state index < -0.39 is 0 Å². The molecular weight excluding hydrogens is 327 g/mol. The summed E-state index contributed by atoms with van der Waals surface area (Å²) in [7, 11) is 1.62. The summed E-state index contributed by atoms with van der Waals surface area (Å²) in [6.45, 7) is 0.234. The Kier molecular flexibility index (Phi) is 4.57. The highest BCUT2D eigenvalue weighted by molar-refractivity contribution is 7.80. The van der Waals surface area contributed by atoms with Crippen LogP contribution in [0.4, 0.5) is 4.39 Å². The van der Waals surface area contributed by atoms with Gasteiger partial charge in [0.2, 0.25) is 0 Å². The van der Waals surface area contributed by atoms with Crippen molar-refractivity contribution in [2.75, 3.05) is 7.05 Å². The minimum absolute atomic E-state index is 0.195. The first kappa shape index (κ1) is 16.1. The number of halogens is 1. The summed E-state index contributed by atoms with van der Waals surface area (Å²) in [5.41, 5.74) is 1.86. The van der Waals surface area contributed by atoms with E-state index >= 15 is 0 Å². The third kappa shape index (κ3) is 3.44. The smallest absolute Gasteiger partial charge is 0.276 e. The third-order valence-electron chi connectivity index (χ3n) is 3.58. The summed E-state index contributed by atoms with van der Waals surface area (Å²) >= 11 is 5.06. The molecule has 0 aromatic heterocycles. The van der Waals surface area contributed by atoms with E-state index in [1.165, 1.54) is 17.0 Å². The molecule has 1 saturated heterocycles. The number of rotatable bonds is 4. The molecule has 1 fully saturated rings. The van der Waals surface area contributed by atoms with Crippen molar-refractivity contribution in [2.45, 2.75) is 6.61 Å². The lowest BCUT2D eigenvalue weighted by atomic mass is 10.1. The Balaban J connectivity index is 1.81. The van der Waals surface area contributed by atoms with Gasteiger partial charge in [-0.2, -0.15) is 0 Å². The number of amides is 1. The largest absolute Gasteiger partial charge is 0.488 e. The number of ether oxygens (including phenoxy) is 1. The van der Waals surface area contributed by atoms with Crippen LogP contribution in [0, 0.1) is 5.82 Å². The van der Waals surface area contributed by atoms with Crippen LogP contribution in [0.2, 0.25) is 0 Å². The van der Waals surface area contributed by atoms with Crippen LogP contribution in [0.15, 0.2) is 54.2 Å². The first-order chi connectivity index (χ1) is 11.5. The Bertz CT molecular complexity index is 835. The maximum absolute atomic E-state index is 13.2. The highest BCUT2D eigenvalue weighted by Crippen LogP contribution is 2.23. The summed E-state index contributed by atoms with van der Waals surface area (Å²) in [4.78, 5) is 13.4. The van der Waals surface area contributed by atoms with E-state index in [-0.39, 0.29) is 18.3 Å². The molecule has 2 aromatic carbocycles. The number of carbonyl (C=O) groups is 1. The van der Waals surface area contributed by atoms with Crippen LogP contribution in [-0.2, 0) is 11.4 Å². The number of para-hydroxylation sites is 1. The van der Waals surface area contributed by atoms with E-state index in [1.807, 2.05) is 18.2 Å². The molecule has 2 aromatic rings. The molecule has 4 nitrogen and oxygen atoms in total. The minimum atomic E-state index is -0.302. The van der Waals surface area contributed by atoms with Crippen molar-refractivity contribution in [2.24, 2.45) is 0 Å². The van der Waals surface area contributed by atoms with Crippen LogP contribution in [0.1, 0.15) is 11.1 Å². The van der Waals surface area contributed by atoms with Gasteiger partial charge in [0.05, 0.1) is 0 Å². The average molecular weight is 342 g/mol. The van der Waals surface area contributed by atoms with Crippen molar-refractivity contribution in [3.05, 3.63) is 71.2 Å². The van der Waals surface area contributed by atoms with Crippen LogP contribution >= 0.6 is 12.2 Å². The van der Waals surface area contributed by atoms with Crippen molar-refractivity contribution in [3.63, 3.8) is 0 Å². The molecule has 0 aliphatic carbocycles. The predicted octanol–water partition coefficient (Wildman–Crippen LogP) is 3.09. The van der Waals surface area contributed by atoms with Gasteiger partial charge >= 0.3 is 0 Å².